The maximum absolute atomic E-state index is 12.8. The van der Waals surface area contributed by atoms with Crippen LogP contribution in [0.3, 0.4) is 0 Å². The Kier molecular flexibility index (Phi) is 12.0. The van der Waals surface area contributed by atoms with Crippen molar-refractivity contribution in [2.75, 3.05) is 43.0 Å². The average Bonchev–Trinajstić information content (AvgIpc) is 2.37. The number of nitrogens with one attached hydrogen (secondary N) is 1. The van der Waals surface area contributed by atoms with Gasteiger partial charge in [-0.3, -0.25) is 4.57 Å². The minimum Gasteiger partial charge on any atom is -0.748 e. The van der Waals surface area contributed by atoms with Crippen molar-refractivity contribution in [3.8, 4) is 0 Å². The Labute approximate surface area is 157 Å². The van der Waals surface area contributed by atoms with Crippen LogP contribution in [0, 0.1) is 0 Å². The largest absolute Gasteiger partial charge is 1.00 e. The smallest absolute Gasteiger partial charge is 0.748 e. The summed E-state index contributed by atoms with van der Waals surface area (Å²) in [5.41, 5.74) is 0. The fraction of sp³-hybridized carbons (Fsp3) is 1.00. The Hall–Kier alpha value is 1.55. The number of nitrogens with zero attached hydrogens (tertiary/aromatic N) is 1. The zero-order valence-electron chi connectivity index (χ0n) is 12.2. The molecule has 1 heterocycles. The van der Waals surface area contributed by atoms with E-state index in [4.69, 9.17) is 27.7 Å². The van der Waals surface area contributed by atoms with Crippen molar-refractivity contribution in [2.24, 2.45) is 0 Å². The van der Waals surface area contributed by atoms with E-state index in [-0.39, 0.29) is 48.4 Å². The molecule has 0 saturated carbocycles. The molecule has 0 radical (unpaired) electrons. The van der Waals surface area contributed by atoms with Gasteiger partial charge in [-0.05, 0) is 6.42 Å². The van der Waals surface area contributed by atoms with Crippen LogP contribution >= 0.6 is 42.6 Å². The van der Waals surface area contributed by atoms with Crippen molar-refractivity contribution >= 4 is 52.8 Å². The fourth-order valence-corrected chi connectivity index (χ4v) is 6.78. The van der Waals surface area contributed by atoms with Gasteiger partial charge in [0.2, 0.25) is 0 Å². The summed E-state index contributed by atoms with van der Waals surface area (Å²) in [5.74, 6) is 0.277. The molecule has 0 aromatic carbocycles. The molecule has 2 unspecified atom stereocenters. The summed E-state index contributed by atoms with van der Waals surface area (Å²) < 4.78 is 51.4. The number of halogens is 2. The minimum absolute atomic E-state index is 0. The van der Waals surface area contributed by atoms with Crippen LogP contribution in [-0.2, 0) is 19.2 Å². The van der Waals surface area contributed by atoms with Crippen LogP contribution in [0.2, 0.25) is 0 Å². The van der Waals surface area contributed by atoms with Crippen LogP contribution in [0.25, 0.3) is 0 Å². The summed E-state index contributed by atoms with van der Waals surface area (Å²) in [6, 6.07) is 0. The molecule has 0 aliphatic carbocycles. The molecule has 0 spiro atoms. The van der Waals surface area contributed by atoms with E-state index in [9.17, 15) is 17.5 Å². The van der Waals surface area contributed by atoms with Crippen LogP contribution in [0.1, 0.15) is 6.42 Å². The van der Waals surface area contributed by atoms with Gasteiger partial charge in [-0.25, -0.2) is 18.2 Å². The fourth-order valence-electron chi connectivity index (χ4n) is 1.71. The van der Waals surface area contributed by atoms with Crippen molar-refractivity contribution in [3.05, 3.63) is 0 Å². The maximum Gasteiger partial charge on any atom is 1.00 e. The molecule has 1 aliphatic rings. The van der Waals surface area contributed by atoms with Crippen molar-refractivity contribution < 1.29 is 40.9 Å². The van der Waals surface area contributed by atoms with Gasteiger partial charge in [0, 0.05) is 36.4 Å². The molecule has 1 saturated heterocycles. The second-order valence-corrected chi connectivity index (χ2v) is 9.94. The van der Waals surface area contributed by atoms with Gasteiger partial charge in [0.1, 0.15) is 0 Å². The molecule has 13 heteroatoms. The van der Waals surface area contributed by atoms with Crippen LogP contribution in [0.5, 0.6) is 0 Å². The number of thioether (sulfide) groups is 1. The molecule has 22 heavy (non-hydrogen) atoms. The molecule has 1 fully saturated rings. The number of hydrogen-bond acceptors (Lipinski definition) is 6. The molecule has 0 bridgehead atoms. The van der Waals surface area contributed by atoms with Crippen LogP contribution in [-0.4, -0.2) is 66.0 Å². The Morgan fingerprint density at radius 1 is 1.36 bits per heavy atom. The van der Waals surface area contributed by atoms with Crippen LogP contribution in [0.15, 0.2) is 0 Å². The van der Waals surface area contributed by atoms with E-state index in [2.05, 4.69) is 5.09 Å². The third-order valence-electron chi connectivity index (χ3n) is 2.66. The van der Waals surface area contributed by atoms with E-state index in [0.717, 1.165) is 0 Å². The monoisotopic (exact) mass is 406 g/mol. The van der Waals surface area contributed by atoms with Crippen molar-refractivity contribution in [3.63, 3.8) is 0 Å². The third-order valence-corrected chi connectivity index (χ3v) is 7.65. The van der Waals surface area contributed by atoms with Crippen molar-refractivity contribution in [2.45, 2.75) is 11.8 Å². The van der Waals surface area contributed by atoms with Crippen molar-refractivity contribution in [1.82, 2.24) is 9.76 Å². The maximum atomic E-state index is 12.8. The summed E-state index contributed by atoms with van der Waals surface area (Å²) in [7, 11) is -7.46. The standard InChI is InChI=1S/C9H19Cl2N2O5PS2.Li/c10-2-4-13(5-3-11)19(14)12-9(1-6-18-19)20-7-8-21(15,16)17;/h9H,1-8H2,(H,12,14)(H,15,16,17);/q;+1/p-1. The average molecular weight is 407 g/mol. The predicted molar refractivity (Wildman–Crippen MR) is 85.1 cm³/mol. The first-order chi connectivity index (χ1) is 9.80. The molecule has 1 N–H and O–H groups in total. The van der Waals surface area contributed by atoms with Gasteiger partial charge >= 0.3 is 26.5 Å². The molecular weight excluding hydrogens is 389 g/mol. The summed E-state index contributed by atoms with van der Waals surface area (Å²) >= 11 is 12.6. The Bertz CT molecular complexity index is 467. The second kappa shape index (κ2) is 11.2. The van der Waals surface area contributed by atoms with Crippen molar-refractivity contribution in [1.29, 1.82) is 0 Å². The van der Waals surface area contributed by atoms with Crippen LogP contribution in [0.4, 0.5) is 0 Å². The summed E-state index contributed by atoms with van der Waals surface area (Å²) in [4.78, 5) is 0. The van der Waals surface area contributed by atoms with Gasteiger partial charge in [0.25, 0.3) is 0 Å². The normalized spacial score (nSPS) is 25.9. The molecule has 2 atom stereocenters. The zero-order valence-corrected chi connectivity index (χ0v) is 16.3. The van der Waals surface area contributed by atoms with Gasteiger partial charge in [0.15, 0.2) is 0 Å². The van der Waals surface area contributed by atoms with Gasteiger partial charge in [-0.15, -0.1) is 35.0 Å². The third kappa shape index (κ3) is 8.59. The molecule has 1 rings (SSSR count). The number of alkyl halides is 2. The minimum atomic E-state index is -4.23. The molecule has 126 valence electrons. The SMILES string of the molecule is O=P1(N(CCCl)CCCl)NC(SCCS(=O)(=O)[O-])CCO1.[Li+]. The number of rotatable bonds is 9. The van der Waals surface area contributed by atoms with Gasteiger partial charge < -0.3 is 9.08 Å². The Balaban J connectivity index is 0.00000441. The predicted octanol–water partition coefficient (Wildman–Crippen LogP) is -1.51. The van der Waals surface area contributed by atoms with Gasteiger partial charge in [-0.2, -0.15) is 0 Å². The Morgan fingerprint density at radius 2 is 1.95 bits per heavy atom. The van der Waals surface area contributed by atoms with Gasteiger partial charge in [-0.1, -0.05) is 0 Å². The first-order valence-electron chi connectivity index (χ1n) is 6.25. The van der Waals surface area contributed by atoms with E-state index in [1.165, 1.54) is 11.8 Å². The number of hydrogen-bond donors (Lipinski definition) is 1. The quantitative estimate of drug-likeness (QED) is 0.213. The summed E-state index contributed by atoms with van der Waals surface area (Å²) in [6.45, 7) is 1.02. The molecule has 7 nitrogen and oxygen atoms in total. The molecular formula is C9H18Cl2LiN2O5PS2. The molecule has 0 aromatic heterocycles. The van der Waals surface area contributed by atoms with E-state index in [1.807, 2.05) is 0 Å². The molecule has 1 aliphatic heterocycles. The zero-order chi connectivity index (χ0) is 15.9. The van der Waals surface area contributed by atoms with E-state index >= 15 is 0 Å². The molecule has 0 aromatic rings. The van der Waals surface area contributed by atoms with Gasteiger partial charge in [0.05, 0.1) is 22.1 Å². The summed E-state index contributed by atoms with van der Waals surface area (Å²) in [6.07, 6.45) is 0.573. The summed E-state index contributed by atoms with van der Waals surface area (Å²) in [5, 5.41) is 2.66. The second-order valence-electron chi connectivity index (χ2n) is 4.22. The van der Waals surface area contributed by atoms with E-state index in [0.29, 0.717) is 19.5 Å². The first kappa shape index (κ1) is 23.5. The van der Waals surface area contributed by atoms with E-state index < -0.39 is 23.5 Å². The Morgan fingerprint density at radius 3 is 2.45 bits per heavy atom. The van der Waals surface area contributed by atoms with Crippen LogP contribution < -0.4 is 23.9 Å². The molecule has 0 amide bonds. The topological polar surface area (TPSA) is 98.8 Å². The van der Waals surface area contributed by atoms with E-state index in [1.54, 1.807) is 4.67 Å². The first-order valence-corrected chi connectivity index (χ1v) is 11.5.